The number of rotatable bonds is 8. The van der Waals surface area contributed by atoms with Crippen LogP contribution in [0, 0.1) is 5.92 Å². The molecular formula is C14H22F3N3O3S. The molecule has 6 nitrogen and oxygen atoms in total. The Hall–Kier alpha value is -1.39. The van der Waals surface area contributed by atoms with E-state index in [9.17, 15) is 21.6 Å². The predicted octanol–water partition coefficient (Wildman–Crippen LogP) is 2.06. The Labute approximate surface area is 139 Å². The van der Waals surface area contributed by atoms with Gasteiger partial charge in [0.25, 0.3) is 0 Å². The maximum absolute atomic E-state index is 12.4. The van der Waals surface area contributed by atoms with Crippen LogP contribution in [0.5, 0.6) is 5.88 Å². The van der Waals surface area contributed by atoms with E-state index in [1.807, 2.05) is 13.8 Å². The van der Waals surface area contributed by atoms with E-state index in [2.05, 4.69) is 14.4 Å². The lowest BCUT2D eigenvalue weighted by atomic mass is 9.92. The van der Waals surface area contributed by atoms with E-state index >= 15 is 0 Å². The Morgan fingerprint density at radius 3 is 2.38 bits per heavy atom. The van der Waals surface area contributed by atoms with Gasteiger partial charge in [-0.05, 0) is 25.3 Å². The molecule has 24 heavy (non-hydrogen) atoms. The van der Waals surface area contributed by atoms with Gasteiger partial charge in [-0.15, -0.1) is 0 Å². The second-order valence-electron chi connectivity index (χ2n) is 6.20. The van der Waals surface area contributed by atoms with Gasteiger partial charge < -0.3 is 10.5 Å². The lowest BCUT2D eigenvalue weighted by Gasteiger charge is -2.30. The standard InChI is InChI=1S/C14H22F3N3O3S/c1-10(2)6-13(3,8-18)20-24(21,22)11-4-5-12(19-7-11)23-9-14(15,16)17/h4-5,7,10,20H,6,8-9,18H2,1-3H3. The molecule has 3 N–H and O–H groups in total. The highest BCUT2D eigenvalue weighted by atomic mass is 32.2. The topological polar surface area (TPSA) is 94.3 Å². The van der Waals surface area contributed by atoms with Gasteiger partial charge in [-0.25, -0.2) is 18.1 Å². The molecular weight excluding hydrogens is 347 g/mol. The van der Waals surface area contributed by atoms with E-state index in [0.29, 0.717) is 6.42 Å². The number of alkyl halides is 3. The molecule has 0 aliphatic carbocycles. The maximum Gasteiger partial charge on any atom is 0.422 e. The molecule has 1 aromatic heterocycles. The zero-order valence-electron chi connectivity index (χ0n) is 13.7. The second kappa shape index (κ2) is 7.66. The average Bonchev–Trinajstić information content (AvgIpc) is 2.43. The fourth-order valence-electron chi connectivity index (χ4n) is 2.22. The minimum Gasteiger partial charge on any atom is -0.468 e. The Morgan fingerprint density at radius 2 is 1.96 bits per heavy atom. The van der Waals surface area contributed by atoms with Gasteiger partial charge in [0, 0.05) is 18.2 Å². The summed E-state index contributed by atoms with van der Waals surface area (Å²) < 4.78 is 68.0. The summed E-state index contributed by atoms with van der Waals surface area (Å²) in [6.07, 6.45) is -3.02. The molecule has 0 saturated heterocycles. The summed E-state index contributed by atoms with van der Waals surface area (Å²) in [5, 5.41) is 0. The highest BCUT2D eigenvalue weighted by Gasteiger charge is 2.31. The largest absolute Gasteiger partial charge is 0.468 e. The number of sulfonamides is 1. The molecule has 1 unspecified atom stereocenters. The fraction of sp³-hybridized carbons (Fsp3) is 0.643. The molecule has 0 saturated carbocycles. The van der Waals surface area contributed by atoms with Crippen LogP contribution < -0.4 is 15.2 Å². The van der Waals surface area contributed by atoms with Crippen molar-refractivity contribution in [3.63, 3.8) is 0 Å². The molecule has 0 spiro atoms. The van der Waals surface area contributed by atoms with Gasteiger partial charge in [0.2, 0.25) is 15.9 Å². The zero-order chi connectivity index (χ0) is 18.6. The van der Waals surface area contributed by atoms with Gasteiger partial charge in [0.05, 0.1) is 6.20 Å². The molecule has 0 amide bonds. The van der Waals surface area contributed by atoms with Crippen molar-refractivity contribution in [2.24, 2.45) is 11.7 Å². The van der Waals surface area contributed by atoms with Crippen molar-refractivity contribution in [2.75, 3.05) is 13.2 Å². The van der Waals surface area contributed by atoms with Crippen molar-refractivity contribution < 1.29 is 26.3 Å². The summed E-state index contributed by atoms with van der Waals surface area (Å²) in [5.41, 5.74) is 4.84. The summed E-state index contributed by atoms with van der Waals surface area (Å²) >= 11 is 0. The van der Waals surface area contributed by atoms with Crippen LogP contribution in [0.25, 0.3) is 0 Å². The van der Waals surface area contributed by atoms with Crippen LogP contribution in [0.3, 0.4) is 0 Å². The Kier molecular flexibility index (Phi) is 6.59. The summed E-state index contributed by atoms with van der Waals surface area (Å²) in [4.78, 5) is 3.42. The number of nitrogens with zero attached hydrogens (tertiary/aromatic N) is 1. The lowest BCUT2D eigenvalue weighted by molar-refractivity contribution is -0.154. The van der Waals surface area contributed by atoms with Crippen LogP contribution in [0.4, 0.5) is 13.2 Å². The van der Waals surface area contributed by atoms with Crippen molar-refractivity contribution in [3.05, 3.63) is 18.3 Å². The van der Waals surface area contributed by atoms with Crippen molar-refractivity contribution in [3.8, 4) is 5.88 Å². The average molecular weight is 369 g/mol. The number of aromatic nitrogens is 1. The summed E-state index contributed by atoms with van der Waals surface area (Å²) in [7, 11) is -3.91. The van der Waals surface area contributed by atoms with Gasteiger partial charge in [-0.1, -0.05) is 13.8 Å². The van der Waals surface area contributed by atoms with Gasteiger partial charge in [0.15, 0.2) is 6.61 Å². The normalized spacial score (nSPS) is 15.3. The molecule has 1 atom stereocenters. The minimum atomic E-state index is -4.49. The highest BCUT2D eigenvalue weighted by molar-refractivity contribution is 7.89. The third-order valence-electron chi connectivity index (χ3n) is 3.09. The van der Waals surface area contributed by atoms with Crippen LogP contribution in [0.2, 0.25) is 0 Å². The van der Waals surface area contributed by atoms with Crippen molar-refractivity contribution >= 4 is 10.0 Å². The highest BCUT2D eigenvalue weighted by Crippen LogP contribution is 2.21. The molecule has 1 rings (SSSR count). The molecule has 0 bridgehead atoms. The summed E-state index contributed by atoms with van der Waals surface area (Å²) in [5.74, 6) is -0.0902. The molecule has 0 aromatic carbocycles. The number of nitrogens with two attached hydrogens (primary N) is 1. The minimum absolute atomic E-state index is 0.102. The van der Waals surface area contributed by atoms with E-state index in [1.165, 1.54) is 0 Å². The Morgan fingerprint density at radius 1 is 1.33 bits per heavy atom. The first kappa shape index (κ1) is 20.7. The number of nitrogens with one attached hydrogen (secondary N) is 1. The predicted molar refractivity (Wildman–Crippen MR) is 83.0 cm³/mol. The first-order chi connectivity index (χ1) is 10.9. The zero-order valence-corrected chi connectivity index (χ0v) is 14.5. The van der Waals surface area contributed by atoms with Crippen molar-refractivity contribution in [1.82, 2.24) is 9.71 Å². The van der Waals surface area contributed by atoms with Gasteiger partial charge in [-0.2, -0.15) is 13.2 Å². The summed E-state index contributed by atoms with van der Waals surface area (Å²) in [6.45, 7) is 4.18. The molecule has 0 radical (unpaired) electrons. The first-order valence-electron chi connectivity index (χ1n) is 7.26. The third kappa shape index (κ3) is 6.62. The summed E-state index contributed by atoms with van der Waals surface area (Å²) in [6, 6.07) is 2.20. The van der Waals surface area contributed by atoms with E-state index in [1.54, 1.807) is 6.92 Å². The van der Waals surface area contributed by atoms with Crippen LogP contribution in [-0.2, 0) is 10.0 Å². The molecule has 0 aliphatic rings. The molecule has 0 fully saturated rings. The van der Waals surface area contributed by atoms with Crippen LogP contribution >= 0.6 is 0 Å². The number of pyridine rings is 1. The number of ether oxygens (including phenoxy) is 1. The Balaban J connectivity index is 2.87. The molecule has 138 valence electrons. The smallest absolute Gasteiger partial charge is 0.422 e. The van der Waals surface area contributed by atoms with E-state index < -0.39 is 28.3 Å². The first-order valence-corrected chi connectivity index (χ1v) is 8.75. The molecule has 1 heterocycles. The van der Waals surface area contributed by atoms with Gasteiger partial charge in [0.1, 0.15) is 4.90 Å². The molecule has 1 aromatic rings. The number of halogens is 3. The van der Waals surface area contributed by atoms with Crippen LogP contribution in [0.1, 0.15) is 27.2 Å². The van der Waals surface area contributed by atoms with Gasteiger partial charge >= 0.3 is 6.18 Å². The monoisotopic (exact) mass is 369 g/mol. The van der Waals surface area contributed by atoms with Gasteiger partial charge in [-0.3, -0.25) is 0 Å². The van der Waals surface area contributed by atoms with Crippen LogP contribution in [-0.4, -0.2) is 38.3 Å². The Bertz CT molecular complexity index is 633. The fourth-order valence-corrected chi connectivity index (χ4v) is 3.59. The van der Waals surface area contributed by atoms with Crippen molar-refractivity contribution in [2.45, 2.75) is 43.8 Å². The number of hydrogen-bond acceptors (Lipinski definition) is 5. The lowest BCUT2D eigenvalue weighted by Crippen LogP contribution is -2.51. The van der Waals surface area contributed by atoms with Crippen LogP contribution in [0.15, 0.2) is 23.2 Å². The van der Waals surface area contributed by atoms with E-state index in [-0.39, 0.29) is 23.2 Å². The van der Waals surface area contributed by atoms with E-state index in [4.69, 9.17) is 5.73 Å². The van der Waals surface area contributed by atoms with Crippen molar-refractivity contribution in [1.29, 1.82) is 0 Å². The number of hydrogen-bond donors (Lipinski definition) is 2. The SMILES string of the molecule is CC(C)CC(C)(CN)NS(=O)(=O)c1ccc(OCC(F)(F)F)nc1. The quantitative estimate of drug-likeness (QED) is 0.731. The van der Waals surface area contributed by atoms with E-state index in [0.717, 1.165) is 18.3 Å². The third-order valence-corrected chi connectivity index (χ3v) is 4.72. The molecule has 0 aliphatic heterocycles. The maximum atomic E-state index is 12.4. The second-order valence-corrected chi connectivity index (χ2v) is 7.89. The molecule has 10 heteroatoms.